The third kappa shape index (κ3) is 1.94. The number of rotatable bonds is 3. The Labute approximate surface area is 104 Å². The van der Waals surface area contributed by atoms with E-state index in [0.29, 0.717) is 17.5 Å². The first-order valence-corrected chi connectivity index (χ1v) is 6.08. The second-order valence-corrected chi connectivity index (χ2v) is 4.73. The highest BCUT2D eigenvalue weighted by atomic mass is 35.5. The molecule has 0 aliphatic heterocycles. The van der Waals surface area contributed by atoms with Gasteiger partial charge in [0.05, 0.1) is 17.1 Å². The lowest BCUT2D eigenvalue weighted by Crippen LogP contribution is -2.08. The lowest BCUT2D eigenvalue weighted by atomic mass is 10.2. The molecule has 0 unspecified atom stereocenters. The zero-order valence-corrected chi connectivity index (χ0v) is 10.1. The molecular weight excluding hydrogens is 236 g/mol. The molecule has 0 saturated heterocycles. The maximum Gasteiger partial charge on any atom is 0.0907 e. The second kappa shape index (κ2) is 4.13. The minimum absolute atomic E-state index is 0.450. The van der Waals surface area contributed by atoms with Gasteiger partial charge in [0.2, 0.25) is 0 Å². The molecule has 1 aromatic heterocycles. The van der Waals surface area contributed by atoms with Gasteiger partial charge < -0.3 is 5.73 Å². The molecule has 0 atom stereocenters. The van der Waals surface area contributed by atoms with Crippen molar-refractivity contribution in [2.45, 2.75) is 25.3 Å². The normalized spacial score (nSPS) is 15.2. The zero-order chi connectivity index (χ0) is 11.8. The fourth-order valence-corrected chi connectivity index (χ4v) is 2.18. The molecule has 1 aromatic carbocycles. The van der Waals surface area contributed by atoms with Crippen LogP contribution >= 0.6 is 11.6 Å². The third-order valence-electron chi connectivity index (χ3n) is 3.00. The van der Waals surface area contributed by atoms with Crippen LogP contribution in [0.4, 0.5) is 0 Å². The van der Waals surface area contributed by atoms with E-state index in [1.165, 1.54) is 12.8 Å². The van der Waals surface area contributed by atoms with Gasteiger partial charge in [-0.25, -0.2) is 4.68 Å². The number of nitrogens with two attached hydrogens (primary N) is 1. The molecule has 2 N–H and O–H groups in total. The Morgan fingerprint density at radius 1 is 1.41 bits per heavy atom. The number of aromatic nitrogens is 3. The van der Waals surface area contributed by atoms with Gasteiger partial charge in [0.15, 0.2) is 0 Å². The van der Waals surface area contributed by atoms with Crippen LogP contribution in [0.25, 0.3) is 5.69 Å². The summed E-state index contributed by atoms with van der Waals surface area (Å²) in [7, 11) is 0. The van der Waals surface area contributed by atoms with Crippen LogP contribution in [0.2, 0.25) is 5.02 Å². The van der Waals surface area contributed by atoms with E-state index >= 15 is 0 Å². The molecule has 0 amide bonds. The van der Waals surface area contributed by atoms with Crippen LogP contribution in [0.1, 0.15) is 30.1 Å². The molecule has 17 heavy (non-hydrogen) atoms. The molecule has 0 bridgehead atoms. The van der Waals surface area contributed by atoms with Crippen LogP contribution in [0.3, 0.4) is 0 Å². The quantitative estimate of drug-likeness (QED) is 0.907. The van der Waals surface area contributed by atoms with E-state index in [4.69, 9.17) is 17.3 Å². The van der Waals surface area contributed by atoms with E-state index in [2.05, 4.69) is 10.3 Å². The Hall–Kier alpha value is -1.39. The smallest absolute Gasteiger partial charge is 0.0907 e. The molecule has 1 saturated carbocycles. The standard InChI is InChI=1S/C12H13ClN4/c13-9-2-1-3-10(6-9)17-11(7-14)12(15-16-17)8-4-5-8/h1-3,6,8H,4-5,7,14H2. The first kappa shape index (κ1) is 10.7. The van der Waals surface area contributed by atoms with Crippen LogP contribution in [-0.4, -0.2) is 15.0 Å². The Morgan fingerprint density at radius 2 is 2.24 bits per heavy atom. The van der Waals surface area contributed by atoms with Crippen molar-refractivity contribution < 1.29 is 0 Å². The lowest BCUT2D eigenvalue weighted by Gasteiger charge is -2.05. The molecule has 88 valence electrons. The van der Waals surface area contributed by atoms with Crippen molar-refractivity contribution in [2.24, 2.45) is 5.73 Å². The average Bonchev–Trinajstić information content (AvgIpc) is 3.08. The SMILES string of the molecule is NCc1c(C2CC2)nnn1-c1cccc(Cl)c1. The van der Waals surface area contributed by atoms with Crippen molar-refractivity contribution in [1.29, 1.82) is 0 Å². The van der Waals surface area contributed by atoms with E-state index in [9.17, 15) is 0 Å². The van der Waals surface area contributed by atoms with Crippen LogP contribution in [0.15, 0.2) is 24.3 Å². The number of hydrogen-bond donors (Lipinski definition) is 1. The first-order chi connectivity index (χ1) is 8.29. The summed E-state index contributed by atoms with van der Waals surface area (Å²) < 4.78 is 1.79. The minimum Gasteiger partial charge on any atom is -0.325 e. The highest BCUT2D eigenvalue weighted by Gasteiger charge is 2.30. The van der Waals surface area contributed by atoms with Gasteiger partial charge in [0, 0.05) is 17.5 Å². The summed E-state index contributed by atoms with van der Waals surface area (Å²) >= 11 is 5.98. The fourth-order valence-electron chi connectivity index (χ4n) is 1.99. The summed E-state index contributed by atoms with van der Waals surface area (Å²) in [4.78, 5) is 0. The highest BCUT2D eigenvalue weighted by Crippen LogP contribution is 2.40. The topological polar surface area (TPSA) is 56.7 Å². The summed E-state index contributed by atoms with van der Waals surface area (Å²) in [5, 5.41) is 9.12. The van der Waals surface area contributed by atoms with Crippen molar-refractivity contribution >= 4 is 11.6 Å². The highest BCUT2D eigenvalue weighted by molar-refractivity contribution is 6.30. The number of benzene rings is 1. The molecule has 1 heterocycles. The van der Waals surface area contributed by atoms with E-state index < -0.39 is 0 Å². The molecule has 1 aliphatic rings. The van der Waals surface area contributed by atoms with Gasteiger partial charge in [-0.2, -0.15) is 0 Å². The molecule has 1 fully saturated rings. The maximum atomic E-state index is 5.98. The molecule has 2 aromatic rings. The van der Waals surface area contributed by atoms with Crippen molar-refractivity contribution in [2.75, 3.05) is 0 Å². The predicted octanol–water partition coefficient (Wildman–Crippen LogP) is 2.26. The number of halogens is 1. The van der Waals surface area contributed by atoms with Gasteiger partial charge in [-0.15, -0.1) is 5.10 Å². The Bertz CT molecular complexity index is 545. The molecule has 0 spiro atoms. The van der Waals surface area contributed by atoms with Gasteiger partial charge in [0.1, 0.15) is 0 Å². The van der Waals surface area contributed by atoms with E-state index in [-0.39, 0.29) is 0 Å². The first-order valence-electron chi connectivity index (χ1n) is 5.70. The number of nitrogens with zero attached hydrogens (tertiary/aromatic N) is 3. The summed E-state index contributed by atoms with van der Waals surface area (Å²) in [5.41, 5.74) is 8.76. The van der Waals surface area contributed by atoms with Gasteiger partial charge in [-0.3, -0.25) is 0 Å². The van der Waals surface area contributed by atoms with Crippen molar-refractivity contribution in [3.05, 3.63) is 40.7 Å². The summed E-state index contributed by atoms with van der Waals surface area (Å²) in [6.07, 6.45) is 2.39. The summed E-state index contributed by atoms with van der Waals surface area (Å²) in [6.45, 7) is 0.450. The van der Waals surface area contributed by atoms with Gasteiger partial charge in [-0.1, -0.05) is 22.9 Å². The summed E-state index contributed by atoms with van der Waals surface area (Å²) in [6, 6.07) is 7.56. The zero-order valence-electron chi connectivity index (χ0n) is 9.31. The largest absolute Gasteiger partial charge is 0.325 e. The van der Waals surface area contributed by atoms with Crippen LogP contribution < -0.4 is 5.73 Å². The average molecular weight is 249 g/mol. The molecule has 4 nitrogen and oxygen atoms in total. The summed E-state index contributed by atoms with van der Waals surface area (Å²) in [5.74, 6) is 0.557. The fraction of sp³-hybridized carbons (Fsp3) is 0.333. The Morgan fingerprint density at radius 3 is 2.88 bits per heavy atom. The molecule has 5 heteroatoms. The Balaban J connectivity index is 2.08. The monoisotopic (exact) mass is 248 g/mol. The van der Waals surface area contributed by atoms with Crippen molar-refractivity contribution in [3.8, 4) is 5.69 Å². The van der Waals surface area contributed by atoms with E-state index in [1.807, 2.05) is 24.3 Å². The molecule has 0 radical (unpaired) electrons. The Kier molecular flexibility index (Phi) is 2.61. The molecule has 1 aliphatic carbocycles. The van der Waals surface area contributed by atoms with E-state index in [0.717, 1.165) is 17.1 Å². The number of hydrogen-bond acceptors (Lipinski definition) is 3. The van der Waals surface area contributed by atoms with E-state index in [1.54, 1.807) is 4.68 Å². The molecule has 3 rings (SSSR count). The van der Waals surface area contributed by atoms with Crippen LogP contribution in [-0.2, 0) is 6.54 Å². The van der Waals surface area contributed by atoms with Crippen molar-refractivity contribution in [3.63, 3.8) is 0 Å². The van der Waals surface area contributed by atoms with Gasteiger partial charge in [-0.05, 0) is 31.0 Å². The lowest BCUT2D eigenvalue weighted by molar-refractivity contribution is 0.761. The van der Waals surface area contributed by atoms with Crippen molar-refractivity contribution in [1.82, 2.24) is 15.0 Å². The van der Waals surface area contributed by atoms with Crippen LogP contribution in [0, 0.1) is 0 Å². The molecular formula is C12H13ClN4. The van der Waals surface area contributed by atoms with Gasteiger partial charge >= 0.3 is 0 Å². The maximum absolute atomic E-state index is 5.98. The predicted molar refractivity (Wildman–Crippen MR) is 66.2 cm³/mol. The van der Waals surface area contributed by atoms with Gasteiger partial charge in [0.25, 0.3) is 0 Å². The van der Waals surface area contributed by atoms with Crippen LogP contribution in [0.5, 0.6) is 0 Å². The third-order valence-corrected chi connectivity index (χ3v) is 3.24. The minimum atomic E-state index is 0.450. The second-order valence-electron chi connectivity index (χ2n) is 4.29.